The lowest BCUT2D eigenvalue weighted by molar-refractivity contribution is -0.227. The Balaban J connectivity index is 1.38. The molecule has 0 saturated carbocycles. The predicted molar refractivity (Wildman–Crippen MR) is 120 cm³/mol. The number of likely N-dealkylation sites (tertiary alicyclic amines) is 1. The van der Waals surface area contributed by atoms with Gasteiger partial charge in [-0.05, 0) is 61.6 Å². The fourth-order valence-electron chi connectivity index (χ4n) is 4.22. The van der Waals surface area contributed by atoms with Crippen molar-refractivity contribution >= 4 is 22.6 Å². The van der Waals surface area contributed by atoms with Crippen LogP contribution in [-0.4, -0.2) is 29.9 Å². The first-order chi connectivity index (χ1) is 15.0. The van der Waals surface area contributed by atoms with E-state index >= 15 is 0 Å². The summed E-state index contributed by atoms with van der Waals surface area (Å²) in [4.78, 5) is 38.1. The Morgan fingerprint density at radius 2 is 1.52 bits per heavy atom. The normalized spacial score (nSPS) is 15.0. The lowest BCUT2D eigenvalue weighted by Gasteiger charge is -2.38. The predicted octanol–water partition coefficient (Wildman–Crippen LogP) is 5.26. The van der Waals surface area contributed by atoms with Crippen molar-refractivity contribution in [2.24, 2.45) is 11.3 Å². The molecular weight excluding hydrogens is 390 g/mol. The Morgan fingerprint density at radius 1 is 0.871 bits per heavy atom. The molecule has 1 amide bonds. The topological polar surface area (TPSA) is 55.8 Å². The van der Waals surface area contributed by atoms with E-state index in [1.165, 1.54) is 0 Å². The Bertz CT molecular complexity index is 1060. The standard InChI is InChI=1S/C26H27NO4/c1-26(2,25(29)31-30-21-11-4-3-5-12-21)20-15-17-27(18-16-20)24(28)23-14-8-10-19-9-6-7-13-22(19)23/h3-14,20H,15-18H2,1-2H3. The molecule has 1 saturated heterocycles. The molecule has 3 aromatic rings. The number of hydrogen-bond acceptors (Lipinski definition) is 4. The van der Waals surface area contributed by atoms with E-state index in [-0.39, 0.29) is 11.8 Å². The van der Waals surface area contributed by atoms with Gasteiger partial charge in [-0.2, -0.15) is 0 Å². The van der Waals surface area contributed by atoms with E-state index < -0.39 is 11.4 Å². The highest BCUT2D eigenvalue weighted by molar-refractivity contribution is 6.07. The Labute approximate surface area is 182 Å². The first kappa shape index (κ1) is 20.9. The Hall–Kier alpha value is -3.34. The summed E-state index contributed by atoms with van der Waals surface area (Å²) in [6.45, 7) is 5.00. The highest BCUT2D eigenvalue weighted by Gasteiger charge is 2.41. The van der Waals surface area contributed by atoms with Gasteiger partial charge in [0, 0.05) is 18.7 Å². The van der Waals surface area contributed by atoms with Crippen LogP contribution in [-0.2, 0) is 9.68 Å². The van der Waals surface area contributed by atoms with Gasteiger partial charge in [-0.1, -0.05) is 54.6 Å². The number of benzene rings is 3. The van der Waals surface area contributed by atoms with Gasteiger partial charge >= 0.3 is 5.97 Å². The third kappa shape index (κ3) is 4.41. The number of fused-ring (bicyclic) bond motifs is 1. The number of rotatable bonds is 5. The molecule has 0 radical (unpaired) electrons. The second-order valence-corrected chi connectivity index (χ2v) is 8.58. The quantitative estimate of drug-likeness (QED) is 0.420. The number of para-hydroxylation sites is 1. The molecule has 0 aliphatic carbocycles. The Morgan fingerprint density at radius 3 is 2.26 bits per heavy atom. The minimum absolute atomic E-state index is 0.0445. The summed E-state index contributed by atoms with van der Waals surface area (Å²) in [5, 5.41) is 2.03. The van der Waals surface area contributed by atoms with Crippen molar-refractivity contribution in [3.8, 4) is 5.75 Å². The average molecular weight is 418 g/mol. The summed E-state index contributed by atoms with van der Waals surface area (Å²) in [5.74, 6) is 0.247. The van der Waals surface area contributed by atoms with E-state index in [4.69, 9.17) is 9.78 Å². The Kier molecular flexibility index (Phi) is 5.94. The summed E-state index contributed by atoms with van der Waals surface area (Å²) in [6, 6.07) is 22.7. The molecule has 1 fully saturated rings. The third-order valence-corrected chi connectivity index (χ3v) is 6.31. The van der Waals surface area contributed by atoms with Crippen LogP contribution in [0.4, 0.5) is 0 Å². The van der Waals surface area contributed by atoms with Crippen molar-refractivity contribution in [2.45, 2.75) is 26.7 Å². The highest BCUT2D eigenvalue weighted by Crippen LogP contribution is 2.37. The SMILES string of the molecule is CC(C)(C(=O)OOc1ccccc1)C1CCN(C(=O)c2cccc3ccccc23)CC1. The molecule has 160 valence electrons. The van der Waals surface area contributed by atoms with E-state index in [1.807, 2.05) is 79.4 Å². The van der Waals surface area contributed by atoms with Crippen molar-refractivity contribution < 1.29 is 19.4 Å². The van der Waals surface area contributed by atoms with Gasteiger partial charge in [-0.25, -0.2) is 9.68 Å². The second kappa shape index (κ2) is 8.80. The minimum Gasteiger partial charge on any atom is -0.339 e. The summed E-state index contributed by atoms with van der Waals surface area (Å²) in [6.07, 6.45) is 1.48. The number of carbonyl (C=O) groups is 2. The monoisotopic (exact) mass is 417 g/mol. The zero-order chi connectivity index (χ0) is 21.8. The van der Waals surface area contributed by atoms with Gasteiger partial charge in [0.25, 0.3) is 5.91 Å². The van der Waals surface area contributed by atoms with E-state index in [0.29, 0.717) is 18.8 Å². The van der Waals surface area contributed by atoms with Crippen LogP contribution in [0.5, 0.6) is 5.75 Å². The lowest BCUT2D eigenvalue weighted by atomic mass is 9.73. The van der Waals surface area contributed by atoms with E-state index in [2.05, 4.69) is 0 Å². The molecule has 0 aromatic heterocycles. The van der Waals surface area contributed by atoms with Crippen molar-refractivity contribution in [3.63, 3.8) is 0 Å². The van der Waals surface area contributed by atoms with Crippen LogP contribution in [0.3, 0.4) is 0 Å². The zero-order valence-corrected chi connectivity index (χ0v) is 17.9. The molecule has 0 unspecified atom stereocenters. The minimum atomic E-state index is -0.705. The molecule has 1 aliphatic rings. The van der Waals surface area contributed by atoms with E-state index in [9.17, 15) is 9.59 Å². The molecular formula is C26H27NO4. The van der Waals surface area contributed by atoms with Crippen molar-refractivity contribution in [3.05, 3.63) is 78.4 Å². The van der Waals surface area contributed by atoms with Crippen LogP contribution in [0.15, 0.2) is 72.8 Å². The van der Waals surface area contributed by atoms with Crippen molar-refractivity contribution in [1.82, 2.24) is 4.90 Å². The maximum absolute atomic E-state index is 13.2. The highest BCUT2D eigenvalue weighted by atomic mass is 17.2. The molecule has 5 heteroatoms. The average Bonchev–Trinajstić information content (AvgIpc) is 2.82. The van der Waals surface area contributed by atoms with Crippen molar-refractivity contribution in [2.75, 3.05) is 13.1 Å². The molecule has 0 N–H and O–H groups in total. The van der Waals surface area contributed by atoms with E-state index in [1.54, 1.807) is 12.1 Å². The van der Waals surface area contributed by atoms with Crippen LogP contribution >= 0.6 is 0 Å². The lowest BCUT2D eigenvalue weighted by Crippen LogP contribution is -2.45. The summed E-state index contributed by atoms with van der Waals surface area (Å²) in [5.41, 5.74) is 0.0232. The van der Waals surface area contributed by atoms with Crippen LogP contribution < -0.4 is 4.89 Å². The van der Waals surface area contributed by atoms with Crippen LogP contribution in [0.1, 0.15) is 37.0 Å². The molecule has 5 nitrogen and oxygen atoms in total. The van der Waals surface area contributed by atoms with Gasteiger partial charge in [0.05, 0.1) is 5.41 Å². The van der Waals surface area contributed by atoms with Gasteiger partial charge < -0.3 is 4.90 Å². The summed E-state index contributed by atoms with van der Waals surface area (Å²) < 4.78 is 0. The number of carbonyl (C=O) groups excluding carboxylic acids is 2. The van der Waals surface area contributed by atoms with Gasteiger partial charge in [0.1, 0.15) is 0 Å². The van der Waals surface area contributed by atoms with Crippen molar-refractivity contribution in [1.29, 1.82) is 0 Å². The van der Waals surface area contributed by atoms with Gasteiger partial charge in [0.2, 0.25) is 0 Å². The third-order valence-electron chi connectivity index (χ3n) is 6.31. The zero-order valence-electron chi connectivity index (χ0n) is 17.9. The van der Waals surface area contributed by atoms with Gasteiger partial charge in [-0.3, -0.25) is 9.68 Å². The largest absolute Gasteiger partial charge is 0.361 e. The second-order valence-electron chi connectivity index (χ2n) is 8.58. The number of hydrogen-bond donors (Lipinski definition) is 0. The number of piperidine rings is 1. The van der Waals surface area contributed by atoms with Gasteiger partial charge in [-0.15, -0.1) is 0 Å². The number of amides is 1. The van der Waals surface area contributed by atoms with Crippen LogP contribution in [0.25, 0.3) is 10.8 Å². The molecule has 1 aliphatic heterocycles. The van der Waals surface area contributed by atoms with Crippen LogP contribution in [0, 0.1) is 11.3 Å². The molecule has 31 heavy (non-hydrogen) atoms. The molecule has 3 aromatic carbocycles. The molecule has 0 spiro atoms. The van der Waals surface area contributed by atoms with Gasteiger partial charge in [0.15, 0.2) is 5.75 Å². The molecule has 4 rings (SSSR count). The molecule has 0 atom stereocenters. The first-order valence-electron chi connectivity index (χ1n) is 10.7. The molecule has 1 heterocycles. The fourth-order valence-corrected chi connectivity index (χ4v) is 4.22. The summed E-state index contributed by atoms with van der Waals surface area (Å²) in [7, 11) is 0. The smallest absolute Gasteiger partial charge is 0.339 e. The maximum atomic E-state index is 13.2. The van der Waals surface area contributed by atoms with E-state index in [0.717, 1.165) is 29.2 Å². The summed E-state index contributed by atoms with van der Waals surface area (Å²) >= 11 is 0. The molecule has 0 bridgehead atoms. The van der Waals surface area contributed by atoms with Crippen LogP contribution in [0.2, 0.25) is 0 Å². The first-order valence-corrected chi connectivity index (χ1v) is 10.7. The fraction of sp³-hybridized carbons (Fsp3) is 0.308. The number of nitrogens with zero attached hydrogens (tertiary/aromatic N) is 1. The maximum Gasteiger partial charge on any atom is 0.361 e.